The lowest BCUT2D eigenvalue weighted by Gasteiger charge is -2.31. The van der Waals surface area contributed by atoms with E-state index in [4.69, 9.17) is 23.2 Å². The second kappa shape index (κ2) is 7.29. The van der Waals surface area contributed by atoms with E-state index in [1.54, 1.807) is 22.5 Å². The van der Waals surface area contributed by atoms with Gasteiger partial charge in [-0.2, -0.15) is 0 Å². The molecule has 0 aromatic heterocycles. The number of hydrogen-bond donors (Lipinski definition) is 1. The van der Waals surface area contributed by atoms with E-state index in [0.29, 0.717) is 34.6 Å². The van der Waals surface area contributed by atoms with Gasteiger partial charge in [0.2, 0.25) is 10.0 Å². The maximum atomic E-state index is 12.5. The smallest absolute Gasteiger partial charge is 0.218 e. The minimum Gasteiger partial charge on any atom is -0.319 e. The van der Waals surface area contributed by atoms with E-state index in [-0.39, 0.29) is 5.75 Å². The molecule has 4 nitrogen and oxygen atoms in total. The van der Waals surface area contributed by atoms with Crippen molar-refractivity contribution in [3.63, 3.8) is 0 Å². The second-order valence-electron chi connectivity index (χ2n) is 5.40. The largest absolute Gasteiger partial charge is 0.319 e. The normalized spacial score (nSPS) is 18.0. The maximum Gasteiger partial charge on any atom is 0.218 e. The Kier molecular flexibility index (Phi) is 5.91. The summed E-state index contributed by atoms with van der Waals surface area (Å²) in [4.78, 5) is 0. The summed E-state index contributed by atoms with van der Waals surface area (Å²) in [5.41, 5.74) is 0.668. The summed E-state index contributed by atoms with van der Waals surface area (Å²) in [5.74, 6) is 0.534. The first kappa shape index (κ1) is 17.0. The molecule has 0 amide bonds. The second-order valence-corrected chi connectivity index (χ2v) is 8.19. The lowest BCUT2D eigenvalue weighted by atomic mass is 9.98. The van der Waals surface area contributed by atoms with Gasteiger partial charge >= 0.3 is 0 Å². The number of rotatable bonds is 5. The van der Waals surface area contributed by atoms with Gasteiger partial charge in [0.25, 0.3) is 0 Å². The minimum absolute atomic E-state index is 0.0272. The van der Waals surface area contributed by atoms with Crippen LogP contribution < -0.4 is 5.32 Å². The zero-order valence-electron chi connectivity index (χ0n) is 12.0. The van der Waals surface area contributed by atoms with Gasteiger partial charge in [0, 0.05) is 13.1 Å². The first-order valence-electron chi connectivity index (χ1n) is 6.98. The van der Waals surface area contributed by atoms with Crippen molar-refractivity contribution in [1.29, 1.82) is 0 Å². The Hall–Kier alpha value is -0.330. The third-order valence-corrected chi connectivity index (χ3v) is 6.38. The molecule has 1 aliphatic rings. The van der Waals surface area contributed by atoms with Crippen molar-refractivity contribution < 1.29 is 8.42 Å². The predicted molar refractivity (Wildman–Crippen MR) is 87.3 cm³/mol. The fraction of sp³-hybridized carbons (Fsp3) is 0.571. The summed E-state index contributed by atoms with van der Waals surface area (Å²) < 4.78 is 26.5. The Labute approximate surface area is 136 Å². The van der Waals surface area contributed by atoms with Crippen LogP contribution in [-0.4, -0.2) is 39.4 Å². The third-order valence-electron chi connectivity index (χ3n) is 3.79. The van der Waals surface area contributed by atoms with Gasteiger partial charge in [-0.25, -0.2) is 12.7 Å². The molecule has 0 atom stereocenters. The van der Waals surface area contributed by atoms with Crippen molar-refractivity contribution in [2.45, 2.75) is 18.6 Å². The van der Waals surface area contributed by atoms with E-state index < -0.39 is 10.0 Å². The molecule has 0 spiro atoms. The molecule has 0 unspecified atom stereocenters. The Bertz CT molecular complexity index is 585. The molecule has 0 aliphatic carbocycles. The van der Waals surface area contributed by atoms with Crippen LogP contribution in [0.15, 0.2) is 18.2 Å². The van der Waals surface area contributed by atoms with Crippen molar-refractivity contribution in [3.05, 3.63) is 33.8 Å². The van der Waals surface area contributed by atoms with Crippen molar-refractivity contribution in [2.75, 3.05) is 26.7 Å². The van der Waals surface area contributed by atoms with Crippen LogP contribution in [0, 0.1) is 5.92 Å². The van der Waals surface area contributed by atoms with Crippen LogP contribution in [-0.2, 0) is 15.8 Å². The lowest BCUT2D eigenvalue weighted by Crippen LogP contribution is -2.40. The van der Waals surface area contributed by atoms with Gasteiger partial charge in [-0.1, -0.05) is 29.3 Å². The number of piperidine rings is 1. The summed E-state index contributed by atoms with van der Waals surface area (Å²) in [5, 5.41) is 3.97. The first-order valence-corrected chi connectivity index (χ1v) is 9.35. The van der Waals surface area contributed by atoms with Gasteiger partial charge in [-0.05, 0) is 50.0 Å². The molecule has 1 aromatic carbocycles. The van der Waals surface area contributed by atoms with Crippen LogP contribution in [0.1, 0.15) is 18.4 Å². The van der Waals surface area contributed by atoms with E-state index in [0.717, 1.165) is 19.4 Å². The molecule has 1 aromatic rings. The molecule has 1 fully saturated rings. The van der Waals surface area contributed by atoms with Crippen molar-refractivity contribution in [3.8, 4) is 0 Å². The molecule has 7 heteroatoms. The van der Waals surface area contributed by atoms with E-state index >= 15 is 0 Å². The number of hydrogen-bond acceptors (Lipinski definition) is 3. The highest BCUT2D eigenvalue weighted by molar-refractivity contribution is 7.88. The van der Waals surface area contributed by atoms with Gasteiger partial charge in [0.1, 0.15) is 0 Å². The van der Waals surface area contributed by atoms with E-state index in [1.165, 1.54) is 0 Å². The number of nitrogens with zero attached hydrogens (tertiary/aromatic N) is 1. The van der Waals surface area contributed by atoms with Gasteiger partial charge in [0.05, 0.1) is 15.8 Å². The lowest BCUT2D eigenvalue weighted by molar-refractivity contribution is 0.270. The zero-order chi connectivity index (χ0) is 15.5. The molecule has 0 bridgehead atoms. The average Bonchev–Trinajstić information content (AvgIpc) is 2.44. The highest BCUT2D eigenvalue weighted by Gasteiger charge is 2.27. The number of nitrogens with one attached hydrogen (secondary N) is 1. The van der Waals surface area contributed by atoms with E-state index in [1.807, 2.05) is 7.05 Å². The Morgan fingerprint density at radius 1 is 1.24 bits per heavy atom. The molecule has 0 radical (unpaired) electrons. The van der Waals surface area contributed by atoms with E-state index in [2.05, 4.69) is 5.32 Å². The summed E-state index contributed by atoms with van der Waals surface area (Å²) >= 11 is 11.8. The fourth-order valence-electron chi connectivity index (χ4n) is 2.61. The van der Waals surface area contributed by atoms with Gasteiger partial charge in [-0.15, -0.1) is 0 Å². The topological polar surface area (TPSA) is 49.4 Å². The summed E-state index contributed by atoms with van der Waals surface area (Å²) in [6, 6.07) is 4.96. The van der Waals surface area contributed by atoms with Crippen LogP contribution in [0.4, 0.5) is 0 Å². The quantitative estimate of drug-likeness (QED) is 0.888. The minimum atomic E-state index is -3.29. The molecular formula is C14H20Cl2N2O2S. The first-order chi connectivity index (χ1) is 9.92. The van der Waals surface area contributed by atoms with Crippen LogP contribution in [0.25, 0.3) is 0 Å². The Morgan fingerprint density at radius 3 is 2.48 bits per heavy atom. The van der Waals surface area contributed by atoms with Crippen LogP contribution in [0.2, 0.25) is 10.0 Å². The molecule has 1 aliphatic heterocycles. The fourth-order valence-corrected chi connectivity index (χ4v) is 4.48. The highest BCUT2D eigenvalue weighted by atomic mass is 35.5. The van der Waals surface area contributed by atoms with Gasteiger partial charge in [-0.3, -0.25) is 0 Å². The van der Waals surface area contributed by atoms with Gasteiger partial charge in [0.15, 0.2) is 0 Å². The number of halogens is 2. The SMILES string of the molecule is CNCC1CCN(S(=O)(=O)Cc2ccc(Cl)c(Cl)c2)CC1. The highest BCUT2D eigenvalue weighted by Crippen LogP contribution is 2.25. The van der Waals surface area contributed by atoms with E-state index in [9.17, 15) is 8.42 Å². The summed E-state index contributed by atoms with van der Waals surface area (Å²) in [6.07, 6.45) is 1.81. The molecular weight excluding hydrogens is 331 g/mol. The Balaban J connectivity index is 2.00. The summed E-state index contributed by atoms with van der Waals surface area (Å²) in [7, 11) is -1.37. The van der Waals surface area contributed by atoms with Crippen molar-refractivity contribution in [2.24, 2.45) is 5.92 Å². The Morgan fingerprint density at radius 2 is 1.90 bits per heavy atom. The third kappa shape index (κ3) is 4.57. The van der Waals surface area contributed by atoms with Crippen LogP contribution in [0.5, 0.6) is 0 Å². The predicted octanol–water partition coefficient (Wildman–Crippen LogP) is 2.75. The van der Waals surface area contributed by atoms with Gasteiger partial charge < -0.3 is 5.32 Å². The zero-order valence-corrected chi connectivity index (χ0v) is 14.3. The molecule has 21 heavy (non-hydrogen) atoms. The maximum absolute atomic E-state index is 12.5. The average molecular weight is 351 g/mol. The van der Waals surface area contributed by atoms with Crippen molar-refractivity contribution in [1.82, 2.24) is 9.62 Å². The molecule has 118 valence electrons. The standard InChI is InChI=1S/C14H20Cl2N2O2S/c1-17-9-11-4-6-18(7-5-11)21(19,20)10-12-2-3-13(15)14(16)8-12/h2-3,8,11,17H,4-7,9-10H2,1H3. The monoisotopic (exact) mass is 350 g/mol. The molecule has 2 rings (SSSR count). The molecule has 1 heterocycles. The molecule has 1 saturated heterocycles. The van der Waals surface area contributed by atoms with Crippen LogP contribution >= 0.6 is 23.2 Å². The van der Waals surface area contributed by atoms with Crippen molar-refractivity contribution >= 4 is 33.2 Å². The molecule has 0 saturated carbocycles. The molecule has 1 N–H and O–H groups in total. The summed E-state index contributed by atoms with van der Waals surface area (Å²) in [6.45, 7) is 2.13. The number of benzene rings is 1. The number of sulfonamides is 1. The van der Waals surface area contributed by atoms with Crippen LogP contribution in [0.3, 0.4) is 0 Å².